The Morgan fingerprint density at radius 3 is 2.32 bits per heavy atom. The molecule has 0 bridgehead atoms. The summed E-state index contributed by atoms with van der Waals surface area (Å²) in [7, 11) is 1.64. The minimum atomic E-state index is -0.132. The van der Waals surface area contributed by atoms with Crippen LogP contribution < -0.4 is 9.64 Å². The zero-order valence-electron chi connectivity index (χ0n) is 18.6. The number of nitrogens with zero attached hydrogens (tertiary/aromatic N) is 3. The van der Waals surface area contributed by atoms with E-state index in [1.807, 2.05) is 103 Å². The first kappa shape index (κ1) is 22.1. The van der Waals surface area contributed by atoms with Gasteiger partial charge in [0.15, 0.2) is 4.32 Å². The van der Waals surface area contributed by atoms with Gasteiger partial charge in [-0.2, -0.15) is 5.10 Å². The van der Waals surface area contributed by atoms with Crippen LogP contribution in [0.2, 0.25) is 0 Å². The summed E-state index contributed by atoms with van der Waals surface area (Å²) in [5, 5.41) is 4.84. The summed E-state index contributed by atoms with van der Waals surface area (Å²) in [5.41, 5.74) is 5.36. The number of ether oxygens (including phenoxy) is 1. The van der Waals surface area contributed by atoms with E-state index < -0.39 is 0 Å². The Bertz CT molecular complexity index is 1390. The second-order valence-electron chi connectivity index (χ2n) is 7.79. The Balaban J connectivity index is 1.57. The van der Waals surface area contributed by atoms with Crippen molar-refractivity contribution in [1.29, 1.82) is 0 Å². The van der Waals surface area contributed by atoms with Crippen molar-refractivity contribution in [2.45, 2.75) is 6.92 Å². The number of hydrogen-bond acceptors (Lipinski definition) is 5. The molecule has 5 rings (SSSR count). The van der Waals surface area contributed by atoms with Crippen LogP contribution in [0, 0.1) is 6.92 Å². The quantitative estimate of drug-likeness (QED) is 0.248. The third kappa shape index (κ3) is 4.27. The summed E-state index contributed by atoms with van der Waals surface area (Å²) in [5.74, 6) is 0.638. The molecule has 0 radical (unpaired) electrons. The molecule has 34 heavy (non-hydrogen) atoms. The highest BCUT2D eigenvalue weighted by Gasteiger charge is 2.33. The van der Waals surface area contributed by atoms with Gasteiger partial charge in [0.25, 0.3) is 5.91 Å². The predicted molar refractivity (Wildman–Crippen MR) is 142 cm³/mol. The molecule has 0 unspecified atom stereocenters. The molecule has 1 amide bonds. The van der Waals surface area contributed by atoms with Crippen LogP contribution in [0.25, 0.3) is 23.0 Å². The van der Waals surface area contributed by atoms with Gasteiger partial charge in [0.1, 0.15) is 5.75 Å². The molecule has 1 saturated heterocycles. The summed E-state index contributed by atoms with van der Waals surface area (Å²) in [6, 6.07) is 25.4. The van der Waals surface area contributed by atoms with E-state index >= 15 is 0 Å². The third-order valence-corrected chi connectivity index (χ3v) is 6.80. The second kappa shape index (κ2) is 9.29. The summed E-state index contributed by atoms with van der Waals surface area (Å²) in [6.45, 7) is 2.01. The number of carbonyl (C=O) groups excluding carboxylic acids is 1. The van der Waals surface area contributed by atoms with Crippen LogP contribution >= 0.6 is 24.0 Å². The topological polar surface area (TPSA) is 47.4 Å². The first-order valence-electron chi connectivity index (χ1n) is 10.7. The van der Waals surface area contributed by atoms with Gasteiger partial charge in [-0.3, -0.25) is 9.69 Å². The number of para-hydroxylation sites is 1. The monoisotopic (exact) mass is 483 g/mol. The number of aromatic nitrogens is 2. The number of benzene rings is 3. The highest BCUT2D eigenvalue weighted by atomic mass is 32.2. The average Bonchev–Trinajstić information content (AvgIpc) is 3.41. The summed E-state index contributed by atoms with van der Waals surface area (Å²) in [4.78, 5) is 15.5. The molecule has 1 aliphatic rings. The van der Waals surface area contributed by atoms with E-state index in [-0.39, 0.29) is 5.91 Å². The maximum absolute atomic E-state index is 13.3. The van der Waals surface area contributed by atoms with Gasteiger partial charge in [0.2, 0.25) is 0 Å². The zero-order valence-corrected chi connectivity index (χ0v) is 20.3. The SMILES string of the molecule is COc1ccc(-c2nn(-c3ccccc3)cc2/C=C2\SC(=S)N(c3ccc(C)cc3)C2=O)cc1. The largest absolute Gasteiger partial charge is 0.497 e. The standard InChI is InChI=1S/C27H21N3O2S2/c1-18-8-12-22(13-9-18)30-26(31)24(34-27(30)33)16-20-17-29(21-6-4-3-5-7-21)28-25(20)19-10-14-23(32-2)15-11-19/h3-17H,1-2H3/b24-16-. The molecule has 0 saturated carbocycles. The van der Waals surface area contributed by atoms with E-state index in [0.717, 1.165) is 39.5 Å². The molecule has 1 fully saturated rings. The van der Waals surface area contributed by atoms with Crippen LogP contribution in [0.3, 0.4) is 0 Å². The predicted octanol–water partition coefficient (Wildman–Crippen LogP) is 6.26. The molecule has 1 aliphatic heterocycles. The molecule has 5 nitrogen and oxygen atoms in total. The van der Waals surface area contributed by atoms with E-state index in [0.29, 0.717) is 9.23 Å². The van der Waals surface area contributed by atoms with Crippen molar-refractivity contribution in [2.75, 3.05) is 12.0 Å². The second-order valence-corrected chi connectivity index (χ2v) is 9.47. The summed E-state index contributed by atoms with van der Waals surface area (Å²) >= 11 is 6.86. The minimum absolute atomic E-state index is 0.132. The fraction of sp³-hybridized carbons (Fsp3) is 0.0741. The molecular formula is C27H21N3O2S2. The number of hydrogen-bond donors (Lipinski definition) is 0. The lowest BCUT2D eigenvalue weighted by atomic mass is 10.1. The maximum atomic E-state index is 13.3. The van der Waals surface area contributed by atoms with Crippen molar-refractivity contribution >= 4 is 46.0 Å². The number of thioether (sulfide) groups is 1. The van der Waals surface area contributed by atoms with Crippen molar-refractivity contribution in [3.63, 3.8) is 0 Å². The first-order chi connectivity index (χ1) is 16.5. The van der Waals surface area contributed by atoms with E-state index in [9.17, 15) is 4.79 Å². The zero-order chi connectivity index (χ0) is 23.7. The molecule has 1 aromatic heterocycles. The lowest BCUT2D eigenvalue weighted by Gasteiger charge is -2.14. The Morgan fingerprint density at radius 1 is 0.941 bits per heavy atom. The van der Waals surface area contributed by atoms with Gasteiger partial charge >= 0.3 is 0 Å². The molecule has 0 spiro atoms. The fourth-order valence-electron chi connectivity index (χ4n) is 3.70. The maximum Gasteiger partial charge on any atom is 0.270 e. The highest BCUT2D eigenvalue weighted by Crippen LogP contribution is 2.37. The summed E-state index contributed by atoms with van der Waals surface area (Å²) < 4.78 is 7.64. The lowest BCUT2D eigenvalue weighted by molar-refractivity contribution is -0.113. The molecule has 0 atom stereocenters. The Labute approximate surface area is 207 Å². The van der Waals surface area contributed by atoms with Crippen LogP contribution in [-0.4, -0.2) is 27.1 Å². The van der Waals surface area contributed by atoms with Crippen molar-refractivity contribution in [3.8, 4) is 22.7 Å². The molecule has 0 N–H and O–H groups in total. The number of amides is 1. The van der Waals surface area contributed by atoms with Crippen LogP contribution in [-0.2, 0) is 4.79 Å². The number of rotatable bonds is 5. The highest BCUT2D eigenvalue weighted by molar-refractivity contribution is 8.27. The molecule has 3 aromatic carbocycles. The van der Waals surface area contributed by atoms with Crippen molar-refractivity contribution in [3.05, 3.63) is 101 Å². The lowest BCUT2D eigenvalue weighted by Crippen LogP contribution is -2.27. The van der Waals surface area contributed by atoms with Gasteiger partial charge < -0.3 is 4.74 Å². The van der Waals surface area contributed by atoms with Crippen molar-refractivity contribution < 1.29 is 9.53 Å². The van der Waals surface area contributed by atoms with Crippen molar-refractivity contribution in [2.24, 2.45) is 0 Å². The number of aryl methyl sites for hydroxylation is 1. The molecule has 2 heterocycles. The van der Waals surface area contributed by atoms with Gasteiger partial charge in [-0.25, -0.2) is 4.68 Å². The number of carbonyl (C=O) groups is 1. The van der Waals surface area contributed by atoms with E-state index in [4.69, 9.17) is 22.1 Å². The normalized spacial score (nSPS) is 14.8. The van der Waals surface area contributed by atoms with Crippen LogP contribution in [0.15, 0.2) is 90.0 Å². The Hall–Kier alpha value is -3.68. The van der Waals surface area contributed by atoms with Crippen LogP contribution in [0.4, 0.5) is 5.69 Å². The Morgan fingerprint density at radius 2 is 1.65 bits per heavy atom. The first-order valence-corrected chi connectivity index (χ1v) is 11.9. The number of thiocarbonyl (C=S) groups is 1. The average molecular weight is 484 g/mol. The van der Waals surface area contributed by atoms with Gasteiger partial charge in [-0.15, -0.1) is 0 Å². The van der Waals surface area contributed by atoms with Gasteiger partial charge in [0.05, 0.1) is 29.1 Å². The Kier molecular flexibility index (Phi) is 6.04. The molecule has 4 aromatic rings. The molecular weight excluding hydrogens is 462 g/mol. The molecule has 0 aliphatic carbocycles. The fourth-order valence-corrected chi connectivity index (χ4v) is 4.99. The van der Waals surface area contributed by atoms with Gasteiger partial charge in [0, 0.05) is 17.3 Å². The van der Waals surface area contributed by atoms with E-state index in [1.54, 1.807) is 12.0 Å². The number of methoxy groups -OCH3 is 1. The van der Waals surface area contributed by atoms with Crippen LogP contribution in [0.1, 0.15) is 11.1 Å². The van der Waals surface area contributed by atoms with E-state index in [1.165, 1.54) is 11.8 Å². The molecule has 168 valence electrons. The van der Waals surface area contributed by atoms with Gasteiger partial charge in [-0.1, -0.05) is 59.9 Å². The van der Waals surface area contributed by atoms with Gasteiger partial charge in [-0.05, 0) is 61.5 Å². The summed E-state index contributed by atoms with van der Waals surface area (Å²) in [6.07, 6.45) is 3.81. The van der Waals surface area contributed by atoms with Crippen molar-refractivity contribution in [1.82, 2.24) is 9.78 Å². The molecule has 7 heteroatoms. The number of anilines is 1. The smallest absolute Gasteiger partial charge is 0.270 e. The minimum Gasteiger partial charge on any atom is -0.497 e. The van der Waals surface area contributed by atoms with E-state index in [2.05, 4.69) is 0 Å². The third-order valence-electron chi connectivity index (χ3n) is 5.50. The van der Waals surface area contributed by atoms with Crippen LogP contribution in [0.5, 0.6) is 5.75 Å².